The van der Waals surface area contributed by atoms with E-state index in [1.807, 2.05) is 0 Å². The lowest BCUT2D eigenvalue weighted by Gasteiger charge is -2.19. The zero-order valence-corrected chi connectivity index (χ0v) is 15.7. The highest BCUT2D eigenvalue weighted by Gasteiger charge is 2.48. The second-order valence-corrected chi connectivity index (χ2v) is 7.48. The van der Waals surface area contributed by atoms with E-state index in [1.165, 1.54) is 0 Å². The Balaban J connectivity index is 1.56. The third kappa shape index (κ3) is 3.64. The van der Waals surface area contributed by atoms with Crippen LogP contribution in [0.5, 0.6) is 0 Å². The number of hydrogen-bond acceptors (Lipinski definition) is 3. The van der Waals surface area contributed by atoms with Gasteiger partial charge in [-0.25, -0.2) is 8.78 Å². The van der Waals surface area contributed by atoms with Gasteiger partial charge in [0.2, 0.25) is 17.7 Å². The molecule has 1 heterocycles. The molecule has 7 heteroatoms. The van der Waals surface area contributed by atoms with Gasteiger partial charge in [-0.2, -0.15) is 0 Å². The van der Waals surface area contributed by atoms with Crippen LogP contribution >= 0.6 is 0 Å². The quantitative estimate of drug-likeness (QED) is 0.798. The van der Waals surface area contributed by atoms with Crippen LogP contribution in [0.3, 0.4) is 0 Å². The van der Waals surface area contributed by atoms with Gasteiger partial charge in [0, 0.05) is 11.6 Å². The molecule has 2 aromatic carbocycles. The second-order valence-electron chi connectivity index (χ2n) is 7.48. The van der Waals surface area contributed by atoms with Crippen LogP contribution in [0, 0.1) is 23.5 Å². The van der Waals surface area contributed by atoms with Crippen LogP contribution in [0.25, 0.3) is 11.1 Å². The van der Waals surface area contributed by atoms with Crippen molar-refractivity contribution in [1.82, 2.24) is 4.90 Å². The maximum absolute atomic E-state index is 14.5. The molecule has 1 saturated heterocycles. The molecule has 150 valence electrons. The highest BCUT2D eigenvalue weighted by Crippen LogP contribution is 2.38. The zero-order chi connectivity index (χ0) is 20.5. The first-order chi connectivity index (χ1) is 14.0. The Morgan fingerprint density at radius 2 is 1.62 bits per heavy atom. The van der Waals surface area contributed by atoms with E-state index in [9.17, 15) is 23.2 Å². The average Bonchev–Trinajstić information content (AvgIpc) is 2.95. The van der Waals surface area contributed by atoms with Crippen LogP contribution < -0.4 is 5.32 Å². The van der Waals surface area contributed by atoms with Crippen molar-refractivity contribution >= 4 is 23.4 Å². The van der Waals surface area contributed by atoms with Crippen LogP contribution in [-0.4, -0.2) is 29.2 Å². The van der Waals surface area contributed by atoms with E-state index in [0.717, 1.165) is 23.8 Å². The predicted molar refractivity (Wildman–Crippen MR) is 103 cm³/mol. The fourth-order valence-electron chi connectivity index (χ4n) is 4.26. The molecule has 1 saturated carbocycles. The van der Waals surface area contributed by atoms with Crippen molar-refractivity contribution in [3.63, 3.8) is 0 Å². The third-order valence-electron chi connectivity index (χ3n) is 5.64. The summed E-state index contributed by atoms with van der Waals surface area (Å²) >= 11 is 0. The second kappa shape index (κ2) is 7.73. The van der Waals surface area contributed by atoms with Crippen molar-refractivity contribution in [2.75, 3.05) is 11.9 Å². The van der Waals surface area contributed by atoms with Gasteiger partial charge in [-0.1, -0.05) is 43.2 Å². The Morgan fingerprint density at radius 1 is 1.00 bits per heavy atom. The molecule has 1 aliphatic heterocycles. The summed E-state index contributed by atoms with van der Waals surface area (Å²) in [4.78, 5) is 38.6. The highest BCUT2D eigenvalue weighted by atomic mass is 19.1. The zero-order valence-electron chi connectivity index (χ0n) is 15.7. The van der Waals surface area contributed by atoms with Crippen LogP contribution in [0.15, 0.2) is 42.5 Å². The summed E-state index contributed by atoms with van der Waals surface area (Å²) in [5.74, 6) is -3.78. The third-order valence-corrected chi connectivity index (χ3v) is 5.64. The Morgan fingerprint density at radius 3 is 2.24 bits per heavy atom. The number of rotatable bonds is 4. The standard InChI is InChI=1S/C22H20F2N2O3/c23-14-10-17(13-6-2-1-3-7-13)20(18(24)11-14)25-19(27)12-26-21(28)15-8-4-5-9-16(15)22(26)29/h1-3,6-7,10-11,15-16H,4-5,8-9,12H2,(H,25,27). The predicted octanol–water partition coefficient (Wildman–Crippen LogP) is 3.75. The smallest absolute Gasteiger partial charge is 0.244 e. The van der Waals surface area contributed by atoms with Crippen LogP contribution in [0.1, 0.15) is 25.7 Å². The molecule has 29 heavy (non-hydrogen) atoms. The molecule has 1 N–H and O–H groups in total. The van der Waals surface area contributed by atoms with Crippen LogP contribution in [0.4, 0.5) is 14.5 Å². The Labute approximate surface area is 166 Å². The fraction of sp³-hybridized carbons (Fsp3) is 0.318. The number of likely N-dealkylation sites (tertiary alicyclic amines) is 1. The van der Waals surface area contributed by atoms with Gasteiger partial charge in [0.15, 0.2) is 0 Å². The summed E-state index contributed by atoms with van der Waals surface area (Å²) in [7, 11) is 0. The lowest BCUT2D eigenvalue weighted by atomic mass is 9.81. The van der Waals surface area contributed by atoms with Gasteiger partial charge in [0.25, 0.3) is 0 Å². The Kier molecular flexibility index (Phi) is 5.13. The van der Waals surface area contributed by atoms with Crippen molar-refractivity contribution in [2.45, 2.75) is 25.7 Å². The summed E-state index contributed by atoms with van der Waals surface area (Å²) in [6.45, 7) is -0.476. The Hall–Kier alpha value is -3.09. The number of amides is 3. The van der Waals surface area contributed by atoms with Gasteiger partial charge in [-0.15, -0.1) is 0 Å². The first-order valence-electron chi connectivity index (χ1n) is 9.65. The van der Waals surface area contributed by atoms with E-state index in [2.05, 4.69) is 5.32 Å². The summed E-state index contributed by atoms with van der Waals surface area (Å²) in [5.41, 5.74) is 0.531. The van der Waals surface area contributed by atoms with Gasteiger partial charge in [-0.05, 0) is 24.5 Å². The molecule has 3 amide bonds. The number of carbonyl (C=O) groups is 3. The lowest BCUT2D eigenvalue weighted by molar-refractivity contribution is -0.142. The van der Waals surface area contributed by atoms with E-state index in [-0.39, 0.29) is 34.9 Å². The number of anilines is 1. The number of fused-ring (bicyclic) bond motifs is 1. The van der Waals surface area contributed by atoms with E-state index in [4.69, 9.17) is 0 Å². The number of imide groups is 1. The minimum atomic E-state index is -0.926. The molecule has 4 rings (SSSR count). The van der Waals surface area contributed by atoms with Gasteiger partial charge in [-0.3, -0.25) is 19.3 Å². The van der Waals surface area contributed by atoms with Gasteiger partial charge in [0.1, 0.15) is 18.2 Å². The maximum Gasteiger partial charge on any atom is 0.244 e. The average molecular weight is 398 g/mol. The molecule has 2 atom stereocenters. The van der Waals surface area contributed by atoms with Gasteiger partial charge in [0.05, 0.1) is 17.5 Å². The first kappa shape index (κ1) is 19.2. The number of halogens is 2. The van der Waals surface area contributed by atoms with Crippen molar-refractivity contribution in [3.05, 3.63) is 54.1 Å². The molecule has 0 spiro atoms. The van der Waals surface area contributed by atoms with Crippen molar-refractivity contribution in [1.29, 1.82) is 0 Å². The topological polar surface area (TPSA) is 66.5 Å². The normalized spacial score (nSPS) is 21.2. The highest BCUT2D eigenvalue weighted by molar-refractivity contribution is 6.09. The number of hydrogen-bond donors (Lipinski definition) is 1. The summed E-state index contributed by atoms with van der Waals surface area (Å²) in [6.07, 6.45) is 3.08. The van der Waals surface area contributed by atoms with Crippen molar-refractivity contribution in [3.8, 4) is 11.1 Å². The lowest BCUT2D eigenvalue weighted by Crippen LogP contribution is -2.38. The van der Waals surface area contributed by atoms with E-state index in [0.29, 0.717) is 24.5 Å². The molecule has 2 fully saturated rings. The minimum Gasteiger partial charge on any atom is -0.322 e. The minimum absolute atomic E-state index is 0.181. The van der Waals surface area contributed by atoms with Gasteiger partial charge >= 0.3 is 0 Å². The molecule has 2 aliphatic rings. The van der Waals surface area contributed by atoms with E-state index in [1.54, 1.807) is 30.3 Å². The monoisotopic (exact) mass is 398 g/mol. The molecule has 5 nitrogen and oxygen atoms in total. The fourth-order valence-corrected chi connectivity index (χ4v) is 4.26. The van der Waals surface area contributed by atoms with Gasteiger partial charge < -0.3 is 5.32 Å². The first-order valence-corrected chi connectivity index (χ1v) is 9.65. The van der Waals surface area contributed by atoms with E-state index >= 15 is 0 Å². The van der Waals surface area contributed by atoms with Crippen molar-refractivity contribution < 1.29 is 23.2 Å². The molecule has 0 aromatic heterocycles. The van der Waals surface area contributed by atoms with E-state index < -0.39 is 24.1 Å². The molecular weight excluding hydrogens is 378 g/mol. The van der Waals surface area contributed by atoms with Crippen LogP contribution in [0.2, 0.25) is 0 Å². The number of carbonyl (C=O) groups excluding carboxylic acids is 3. The summed E-state index contributed by atoms with van der Waals surface area (Å²) in [6, 6.07) is 10.4. The van der Waals surface area contributed by atoms with Crippen molar-refractivity contribution in [2.24, 2.45) is 11.8 Å². The molecule has 0 radical (unpaired) electrons. The maximum atomic E-state index is 14.5. The summed E-state index contributed by atoms with van der Waals surface area (Å²) < 4.78 is 28.2. The Bertz CT molecular complexity index is 954. The number of benzene rings is 2. The SMILES string of the molecule is O=C(CN1C(=O)C2CCCCC2C1=O)Nc1c(F)cc(F)cc1-c1ccccc1. The molecular formula is C22H20F2N2O3. The number of nitrogens with one attached hydrogen (secondary N) is 1. The largest absolute Gasteiger partial charge is 0.322 e. The van der Waals surface area contributed by atoms with Crippen LogP contribution in [-0.2, 0) is 14.4 Å². The molecule has 2 unspecified atom stereocenters. The molecule has 1 aliphatic carbocycles. The number of nitrogens with zero attached hydrogens (tertiary/aromatic N) is 1. The molecule has 0 bridgehead atoms. The summed E-state index contributed by atoms with van der Waals surface area (Å²) in [5, 5.41) is 2.43. The molecule has 2 aromatic rings.